The first kappa shape index (κ1) is 31.1. The number of alkyl halides is 3. The molecule has 2 rings (SSSR count). The highest BCUT2D eigenvalue weighted by atomic mass is 19.4. The standard InChI is InChI=1S/C28H36F3NO6/c1-3-5-9-21(4-2)26(33)37-18-16-35-14-15-36-17-19-38-27(34)24-12-6-7-13-25(24)32-23-11-8-10-22(20-23)28(29,30)31/h6-8,10-13,20-21,32H,3-5,9,14-19H2,1-2H3. The molecule has 10 heteroatoms. The quantitative estimate of drug-likeness (QED) is 0.184. The SMILES string of the molecule is CCCCC(CC)C(=O)OCCOCCOCCOC(=O)c1ccccc1Nc1cccc(C(F)(F)F)c1. The number of benzene rings is 2. The Labute approximate surface area is 221 Å². The van der Waals surface area contributed by atoms with Crippen LogP contribution >= 0.6 is 0 Å². The highest BCUT2D eigenvalue weighted by molar-refractivity contribution is 5.96. The molecule has 0 aromatic heterocycles. The zero-order valence-corrected chi connectivity index (χ0v) is 21.9. The number of hydrogen-bond donors (Lipinski definition) is 1. The monoisotopic (exact) mass is 539 g/mol. The summed E-state index contributed by atoms with van der Waals surface area (Å²) < 4.78 is 60.2. The van der Waals surface area contributed by atoms with Crippen molar-refractivity contribution in [1.82, 2.24) is 0 Å². The topological polar surface area (TPSA) is 83.1 Å². The van der Waals surface area contributed by atoms with Gasteiger partial charge in [0.05, 0.1) is 49.2 Å². The average Bonchev–Trinajstić information content (AvgIpc) is 2.90. The Hall–Kier alpha value is -3.11. The molecule has 1 unspecified atom stereocenters. The van der Waals surface area contributed by atoms with Gasteiger partial charge in [0.25, 0.3) is 0 Å². The molecule has 0 amide bonds. The van der Waals surface area contributed by atoms with Gasteiger partial charge < -0.3 is 24.3 Å². The minimum Gasteiger partial charge on any atom is -0.463 e. The smallest absolute Gasteiger partial charge is 0.416 e. The number of nitrogens with one attached hydrogen (secondary N) is 1. The molecule has 0 saturated heterocycles. The number of rotatable bonds is 17. The summed E-state index contributed by atoms with van der Waals surface area (Å²) in [6.07, 6.45) is -0.834. The lowest BCUT2D eigenvalue weighted by atomic mass is 10.00. The maximum absolute atomic E-state index is 13.0. The molecule has 38 heavy (non-hydrogen) atoms. The van der Waals surface area contributed by atoms with E-state index in [-0.39, 0.29) is 56.2 Å². The van der Waals surface area contributed by atoms with Crippen molar-refractivity contribution in [3.05, 3.63) is 59.7 Å². The van der Waals surface area contributed by atoms with Crippen molar-refractivity contribution < 1.29 is 41.7 Å². The van der Waals surface area contributed by atoms with E-state index in [4.69, 9.17) is 18.9 Å². The summed E-state index contributed by atoms with van der Waals surface area (Å²) in [5.41, 5.74) is -0.0950. The van der Waals surface area contributed by atoms with Crippen molar-refractivity contribution in [2.45, 2.75) is 45.7 Å². The van der Waals surface area contributed by atoms with Gasteiger partial charge in [0.1, 0.15) is 13.2 Å². The first-order chi connectivity index (χ1) is 18.3. The number of ether oxygens (including phenoxy) is 4. The second kappa shape index (κ2) is 16.7. The van der Waals surface area contributed by atoms with Crippen molar-refractivity contribution >= 4 is 23.3 Å². The number of unbranched alkanes of at least 4 members (excludes halogenated alkanes) is 1. The number of anilines is 2. The maximum atomic E-state index is 13.0. The second-order valence-corrected chi connectivity index (χ2v) is 8.52. The van der Waals surface area contributed by atoms with Gasteiger partial charge in [0.2, 0.25) is 0 Å². The lowest BCUT2D eigenvalue weighted by Crippen LogP contribution is -2.20. The van der Waals surface area contributed by atoms with Gasteiger partial charge in [-0.05, 0) is 43.2 Å². The molecule has 0 bridgehead atoms. The van der Waals surface area contributed by atoms with Gasteiger partial charge >= 0.3 is 18.1 Å². The molecule has 1 N–H and O–H groups in total. The molecule has 0 radical (unpaired) electrons. The summed E-state index contributed by atoms with van der Waals surface area (Å²) in [7, 11) is 0. The fraction of sp³-hybridized carbons (Fsp3) is 0.500. The summed E-state index contributed by atoms with van der Waals surface area (Å²) in [4.78, 5) is 24.5. The number of carbonyl (C=O) groups excluding carboxylic acids is 2. The Bertz CT molecular complexity index is 999. The van der Waals surface area contributed by atoms with Crippen LogP contribution < -0.4 is 5.32 Å². The van der Waals surface area contributed by atoms with Crippen molar-refractivity contribution in [1.29, 1.82) is 0 Å². The normalized spacial score (nSPS) is 12.1. The van der Waals surface area contributed by atoms with E-state index in [0.717, 1.165) is 37.8 Å². The third-order valence-corrected chi connectivity index (χ3v) is 5.65. The van der Waals surface area contributed by atoms with Crippen LogP contribution in [0.5, 0.6) is 0 Å². The molecule has 7 nitrogen and oxygen atoms in total. The highest BCUT2D eigenvalue weighted by Crippen LogP contribution is 2.32. The van der Waals surface area contributed by atoms with E-state index >= 15 is 0 Å². The van der Waals surface area contributed by atoms with Crippen LogP contribution in [0.2, 0.25) is 0 Å². The molecule has 2 aromatic carbocycles. The molecule has 0 aliphatic heterocycles. The van der Waals surface area contributed by atoms with Crippen LogP contribution in [0.3, 0.4) is 0 Å². The van der Waals surface area contributed by atoms with Crippen LogP contribution in [-0.2, 0) is 29.9 Å². The summed E-state index contributed by atoms with van der Waals surface area (Å²) in [5, 5.41) is 2.85. The van der Waals surface area contributed by atoms with E-state index in [1.807, 2.05) is 6.92 Å². The predicted molar refractivity (Wildman–Crippen MR) is 137 cm³/mol. The van der Waals surface area contributed by atoms with Gasteiger partial charge in [-0.3, -0.25) is 4.79 Å². The van der Waals surface area contributed by atoms with E-state index < -0.39 is 17.7 Å². The van der Waals surface area contributed by atoms with Crippen LogP contribution in [0, 0.1) is 5.92 Å². The minimum atomic E-state index is -4.47. The largest absolute Gasteiger partial charge is 0.463 e. The maximum Gasteiger partial charge on any atom is 0.416 e. The van der Waals surface area contributed by atoms with Crippen molar-refractivity contribution in [3.63, 3.8) is 0 Å². The van der Waals surface area contributed by atoms with Gasteiger partial charge in [-0.25, -0.2) is 4.79 Å². The molecule has 0 spiro atoms. The molecule has 0 heterocycles. The third-order valence-electron chi connectivity index (χ3n) is 5.65. The van der Waals surface area contributed by atoms with Crippen LogP contribution in [0.15, 0.2) is 48.5 Å². The Morgan fingerprint density at radius 1 is 0.868 bits per heavy atom. The van der Waals surface area contributed by atoms with Gasteiger partial charge in [-0.15, -0.1) is 0 Å². The van der Waals surface area contributed by atoms with Crippen LogP contribution in [0.1, 0.15) is 55.5 Å². The van der Waals surface area contributed by atoms with Crippen molar-refractivity contribution in [2.75, 3.05) is 45.0 Å². The summed E-state index contributed by atoms with van der Waals surface area (Å²) in [5.74, 6) is -0.885. The third kappa shape index (κ3) is 11.1. The molecule has 0 saturated carbocycles. The number of hydrogen-bond acceptors (Lipinski definition) is 7. The van der Waals surface area contributed by atoms with Gasteiger partial charge in [0, 0.05) is 5.69 Å². The van der Waals surface area contributed by atoms with Crippen LogP contribution in [0.4, 0.5) is 24.5 Å². The van der Waals surface area contributed by atoms with E-state index in [0.29, 0.717) is 12.3 Å². The molecular weight excluding hydrogens is 503 g/mol. The Morgan fingerprint density at radius 2 is 1.53 bits per heavy atom. The van der Waals surface area contributed by atoms with Gasteiger partial charge in [-0.1, -0.05) is 44.9 Å². The molecule has 2 aromatic rings. The number of carbonyl (C=O) groups is 2. The summed E-state index contributed by atoms with van der Waals surface area (Å²) in [6, 6.07) is 11.1. The first-order valence-corrected chi connectivity index (χ1v) is 12.8. The van der Waals surface area contributed by atoms with Gasteiger partial charge in [-0.2, -0.15) is 13.2 Å². The minimum absolute atomic E-state index is 0.00942. The van der Waals surface area contributed by atoms with E-state index in [1.54, 1.807) is 18.2 Å². The van der Waals surface area contributed by atoms with E-state index in [9.17, 15) is 22.8 Å². The van der Waals surface area contributed by atoms with E-state index in [2.05, 4.69) is 12.2 Å². The molecule has 0 aliphatic rings. The second-order valence-electron chi connectivity index (χ2n) is 8.52. The Morgan fingerprint density at radius 3 is 2.18 bits per heavy atom. The lowest BCUT2D eigenvalue weighted by molar-refractivity contribution is -0.150. The van der Waals surface area contributed by atoms with Crippen LogP contribution in [-0.4, -0.2) is 51.6 Å². The number of esters is 2. The molecule has 0 fully saturated rings. The first-order valence-electron chi connectivity index (χ1n) is 12.8. The molecule has 1 atom stereocenters. The Kier molecular flexibility index (Phi) is 13.7. The zero-order chi connectivity index (χ0) is 27.8. The number of para-hydroxylation sites is 1. The van der Waals surface area contributed by atoms with Crippen molar-refractivity contribution in [3.8, 4) is 0 Å². The summed E-state index contributed by atoms with van der Waals surface area (Å²) >= 11 is 0. The predicted octanol–water partition coefficient (Wildman–Crippen LogP) is 6.40. The molecule has 0 aliphatic carbocycles. The van der Waals surface area contributed by atoms with E-state index in [1.165, 1.54) is 18.2 Å². The summed E-state index contributed by atoms with van der Waals surface area (Å²) in [6.45, 7) is 5.21. The molecule has 210 valence electrons. The Balaban J connectivity index is 1.65. The van der Waals surface area contributed by atoms with Crippen LogP contribution in [0.25, 0.3) is 0 Å². The molecular formula is C28H36F3NO6. The fourth-order valence-corrected chi connectivity index (χ4v) is 3.55. The average molecular weight is 540 g/mol. The zero-order valence-electron chi connectivity index (χ0n) is 21.9. The number of halogens is 3. The van der Waals surface area contributed by atoms with Crippen molar-refractivity contribution in [2.24, 2.45) is 5.92 Å². The fourth-order valence-electron chi connectivity index (χ4n) is 3.55. The van der Waals surface area contributed by atoms with Gasteiger partial charge in [0.15, 0.2) is 0 Å². The highest BCUT2D eigenvalue weighted by Gasteiger charge is 2.30. The lowest BCUT2D eigenvalue weighted by Gasteiger charge is -2.14.